The Morgan fingerprint density at radius 2 is 1.79 bits per heavy atom. The molecule has 2 aromatic carbocycles. The van der Waals surface area contributed by atoms with Gasteiger partial charge in [-0.1, -0.05) is 23.7 Å². The summed E-state index contributed by atoms with van der Waals surface area (Å²) in [6, 6.07) is 11.1. The number of carboxylic acid groups (broad SMARTS) is 2. The second-order valence-electron chi connectivity index (χ2n) is 6.04. The minimum absolute atomic E-state index is 0.0435. The molecule has 0 amide bonds. The van der Waals surface area contributed by atoms with E-state index < -0.39 is 24.7 Å². The van der Waals surface area contributed by atoms with Gasteiger partial charge in [-0.3, -0.25) is 0 Å². The van der Waals surface area contributed by atoms with E-state index in [0.717, 1.165) is 0 Å². The maximum atomic E-state index is 12.5. The average Bonchev–Trinajstić information content (AvgIpc) is 2.72. The van der Waals surface area contributed by atoms with Crippen molar-refractivity contribution in [1.82, 2.24) is 5.32 Å². The fourth-order valence-electron chi connectivity index (χ4n) is 2.22. The van der Waals surface area contributed by atoms with Gasteiger partial charge in [0, 0.05) is 35.3 Å². The number of halogens is 4. The first-order valence-electron chi connectivity index (χ1n) is 8.94. The Balaban J connectivity index is 0.000000582. The molecule has 0 saturated carbocycles. The minimum Gasteiger partial charge on any atom is -0.480 e. The second-order valence-corrected chi connectivity index (χ2v) is 6.48. The van der Waals surface area contributed by atoms with E-state index in [9.17, 15) is 22.8 Å². The fraction of sp³-hybridized carbons (Fsp3) is 0.190. The highest BCUT2D eigenvalue weighted by Gasteiger charge is 2.29. The van der Waals surface area contributed by atoms with Crippen LogP contribution in [0.5, 0.6) is 17.2 Å². The predicted molar refractivity (Wildman–Crippen MR) is 111 cm³/mol. The smallest absolute Gasteiger partial charge is 0.422 e. The number of hydrogen-bond acceptors (Lipinski definition) is 6. The van der Waals surface area contributed by atoms with E-state index in [4.69, 9.17) is 36.5 Å². The van der Waals surface area contributed by atoms with E-state index in [2.05, 4.69) is 5.32 Å². The molecule has 3 N–H and O–H groups in total. The average molecular weight is 487 g/mol. The van der Waals surface area contributed by atoms with Crippen molar-refractivity contribution in [3.8, 4) is 23.3 Å². The number of carbonyl (C=O) groups is 2. The molecule has 12 heteroatoms. The monoisotopic (exact) mass is 486 g/mol. The van der Waals surface area contributed by atoms with Crippen LogP contribution in [-0.2, 0) is 16.1 Å². The van der Waals surface area contributed by atoms with E-state index in [1.54, 1.807) is 19.2 Å². The third-order valence-corrected chi connectivity index (χ3v) is 3.70. The van der Waals surface area contributed by atoms with Gasteiger partial charge in [0.1, 0.15) is 11.8 Å². The molecule has 0 aromatic heterocycles. The highest BCUT2D eigenvalue weighted by molar-refractivity contribution is 6.30. The molecule has 0 radical (unpaired) electrons. The quantitative estimate of drug-likeness (QED) is 0.469. The Hall–Kier alpha value is -3.75. The lowest BCUT2D eigenvalue weighted by Gasteiger charge is -2.17. The Morgan fingerprint density at radius 3 is 2.30 bits per heavy atom. The van der Waals surface area contributed by atoms with Gasteiger partial charge in [0.05, 0.1) is 5.56 Å². The lowest BCUT2D eigenvalue weighted by molar-refractivity contribution is -0.153. The molecule has 0 aliphatic heterocycles. The van der Waals surface area contributed by atoms with Crippen LogP contribution in [0.25, 0.3) is 0 Å². The van der Waals surface area contributed by atoms with Gasteiger partial charge in [0.15, 0.2) is 18.1 Å². The number of alkyl halides is 3. The molecule has 0 aliphatic rings. The number of hydrogen-bond donors (Lipinski definition) is 3. The van der Waals surface area contributed by atoms with E-state index in [0.29, 0.717) is 22.7 Å². The lowest BCUT2D eigenvalue weighted by atomic mass is 10.1. The largest absolute Gasteiger partial charge is 0.480 e. The van der Waals surface area contributed by atoms with Gasteiger partial charge in [-0.2, -0.15) is 18.4 Å². The van der Waals surface area contributed by atoms with Crippen LogP contribution in [0.15, 0.2) is 48.6 Å². The molecule has 0 spiro atoms. The van der Waals surface area contributed by atoms with Crippen molar-refractivity contribution in [2.45, 2.75) is 12.7 Å². The number of aliphatic carboxylic acids is 2. The molecule has 176 valence electrons. The summed E-state index contributed by atoms with van der Waals surface area (Å²) < 4.78 is 48.2. The Labute approximate surface area is 191 Å². The number of nitriles is 1. The van der Waals surface area contributed by atoms with Crippen LogP contribution in [0.2, 0.25) is 5.02 Å². The summed E-state index contributed by atoms with van der Waals surface area (Å²) in [5.74, 6) is -2.36. The van der Waals surface area contributed by atoms with Crippen molar-refractivity contribution in [2.24, 2.45) is 0 Å². The van der Waals surface area contributed by atoms with Crippen LogP contribution in [0.3, 0.4) is 0 Å². The first kappa shape index (κ1) is 27.3. The molecule has 0 aliphatic carbocycles. The highest BCUT2D eigenvalue weighted by Crippen LogP contribution is 2.37. The molecule has 0 saturated heterocycles. The van der Waals surface area contributed by atoms with Crippen LogP contribution in [0, 0.1) is 11.3 Å². The molecule has 0 unspecified atom stereocenters. The first-order chi connectivity index (χ1) is 15.5. The molecule has 2 aromatic rings. The zero-order valence-electron chi connectivity index (χ0n) is 17.0. The number of ether oxygens (including phenoxy) is 2. The van der Waals surface area contributed by atoms with Crippen molar-refractivity contribution < 1.29 is 42.4 Å². The molecule has 0 heterocycles. The zero-order valence-corrected chi connectivity index (χ0v) is 17.8. The SMILES string of the molecule is CNCc1cccc(Oc2cc(Cl)ccc2C#N)c1OCC(F)(F)F.O=C(O)/C=C/C(=O)O. The van der Waals surface area contributed by atoms with Gasteiger partial charge in [-0.05, 0) is 25.2 Å². The van der Waals surface area contributed by atoms with E-state index in [1.165, 1.54) is 24.3 Å². The van der Waals surface area contributed by atoms with Crippen molar-refractivity contribution in [1.29, 1.82) is 5.26 Å². The lowest BCUT2D eigenvalue weighted by Crippen LogP contribution is -2.20. The summed E-state index contributed by atoms with van der Waals surface area (Å²) in [6.45, 7) is -1.17. The number of benzene rings is 2. The Bertz CT molecular complexity index is 1040. The summed E-state index contributed by atoms with van der Waals surface area (Å²) >= 11 is 5.90. The normalized spacial score (nSPS) is 10.7. The second kappa shape index (κ2) is 12.9. The van der Waals surface area contributed by atoms with Gasteiger partial charge in [0.2, 0.25) is 0 Å². The summed E-state index contributed by atoms with van der Waals surface area (Å²) in [5.41, 5.74) is 0.690. The molecule has 33 heavy (non-hydrogen) atoms. The maximum Gasteiger partial charge on any atom is 0.422 e. The van der Waals surface area contributed by atoms with E-state index >= 15 is 0 Å². The van der Waals surface area contributed by atoms with Gasteiger partial charge in [-0.25, -0.2) is 9.59 Å². The topological polar surface area (TPSA) is 129 Å². The molecule has 2 rings (SSSR count). The Morgan fingerprint density at radius 1 is 1.15 bits per heavy atom. The minimum atomic E-state index is -4.49. The molecule has 0 fully saturated rings. The number of nitrogens with one attached hydrogen (secondary N) is 1. The maximum absolute atomic E-state index is 12.5. The number of para-hydroxylation sites is 1. The van der Waals surface area contributed by atoms with Crippen LogP contribution in [0.1, 0.15) is 11.1 Å². The number of nitrogens with zero attached hydrogens (tertiary/aromatic N) is 1. The molecule has 8 nitrogen and oxygen atoms in total. The van der Waals surface area contributed by atoms with Crippen molar-refractivity contribution in [3.63, 3.8) is 0 Å². The van der Waals surface area contributed by atoms with Crippen LogP contribution < -0.4 is 14.8 Å². The standard InChI is InChI=1S/C17H14ClF3N2O2.C4H4O4/c1-23-9-12-3-2-4-14(16(12)24-10-17(19,20)21)25-15-7-13(18)6-5-11(15)8-22;5-3(6)1-2-4(7)8/h2-7,23H,9-10H2,1H3;1-2H,(H,5,6)(H,7,8)/b;2-1+. The van der Waals surface area contributed by atoms with Gasteiger partial charge in [0.25, 0.3) is 0 Å². The third-order valence-electron chi connectivity index (χ3n) is 3.46. The number of carboxylic acids is 2. The summed E-state index contributed by atoms with van der Waals surface area (Å²) in [7, 11) is 1.66. The van der Waals surface area contributed by atoms with E-state index in [-0.39, 0.29) is 29.4 Å². The Kier molecular flexibility index (Phi) is 10.7. The van der Waals surface area contributed by atoms with Gasteiger partial charge in [-0.15, -0.1) is 0 Å². The van der Waals surface area contributed by atoms with Gasteiger partial charge < -0.3 is 25.0 Å². The van der Waals surface area contributed by atoms with Gasteiger partial charge >= 0.3 is 18.1 Å². The predicted octanol–water partition coefficient (Wildman–Crippen LogP) is 4.38. The van der Waals surface area contributed by atoms with Crippen LogP contribution in [0.4, 0.5) is 13.2 Å². The summed E-state index contributed by atoms with van der Waals surface area (Å²) in [6.07, 6.45) is -3.37. The molecule has 0 bridgehead atoms. The summed E-state index contributed by atoms with van der Waals surface area (Å²) in [5, 5.41) is 28.0. The first-order valence-corrected chi connectivity index (χ1v) is 9.32. The van der Waals surface area contributed by atoms with Crippen LogP contribution >= 0.6 is 11.6 Å². The van der Waals surface area contributed by atoms with Crippen molar-refractivity contribution in [2.75, 3.05) is 13.7 Å². The molecular weight excluding hydrogens is 469 g/mol. The zero-order chi connectivity index (χ0) is 25.0. The van der Waals surface area contributed by atoms with Crippen molar-refractivity contribution >= 4 is 23.5 Å². The summed E-state index contributed by atoms with van der Waals surface area (Å²) in [4.78, 5) is 19.1. The van der Waals surface area contributed by atoms with Crippen molar-refractivity contribution in [3.05, 3.63) is 64.7 Å². The van der Waals surface area contributed by atoms with Crippen LogP contribution in [-0.4, -0.2) is 42.0 Å². The third kappa shape index (κ3) is 10.4. The fourth-order valence-corrected chi connectivity index (χ4v) is 2.39. The molecular formula is C21H18ClF3N2O6. The highest BCUT2D eigenvalue weighted by atomic mass is 35.5. The number of rotatable bonds is 8. The van der Waals surface area contributed by atoms with E-state index in [1.807, 2.05) is 6.07 Å². The molecule has 0 atom stereocenters.